The molecule has 4 nitrogen and oxygen atoms in total. The molecule has 0 spiro atoms. The van der Waals surface area contributed by atoms with Crippen molar-refractivity contribution in [1.82, 2.24) is 0 Å². The van der Waals surface area contributed by atoms with E-state index in [1.54, 1.807) is 12.1 Å². The summed E-state index contributed by atoms with van der Waals surface area (Å²) in [5.74, 6) is 0.943. The highest BCUT2D eigenvalue weighted by atomic mass is 16.5. The molecule has 0 amide bonds. The van der Waals surface area contributed by atoms with Gasteiger partial charge >= 0.3 is 0 Å². The van der Waals surface area contributed by atoms with Crippen LogP contribution in [-0.2, 0) is 0 Å². The van der Waals surface area contributed by atoms with Crippen LogP contribution >= 0.6 is 0 Å². The van der Waals surface area contributed by atoms with Gasteiger partial charge in [0, 0.05) is 12.1 Å². The summed E-state index contributed by atoms with van der Waals surface area (Å²) in [4.78, 5) is 0. The third-order valence-electron chi connectivity index (χ3n) is 1.67. The van der Waals surface area contributed by atoms with Crippen molar-refractivity contribution in [3.05, 3.63) is 17.7 Å². The average molecular weight is 178 g/mol. The summed E-state index contributed by atoms with van der Waals surface area (Å²) in [5, 5.41) is 8.73. The molecule has 0 unspecified atom stereocenters. The van der Waals surface area contributed by atoms with Crippen molar-refractivity contribution < 1.29 is 9.47 Å². The van der Waals surface area contributed by atoms with E-state index in [9.17, 15) is 0 Å². The largest absolute Gasteiger partial charge is 0.495 e. The van der Waals surface area contributed by atoms with Crippen molar-refractivity contribution in [1.29, 1.82) is 5.26 Å². The molecule has 0 saturated carbocycles. The van der Waals surface area contributed by atoms with E-state index in [-0.39, 0.29) is 0 Å². The van der Waals surface area contributed by atoms with E-state index >= 15 is 0 Å². The molecular weight excluding hydrogens is 168 g/mol. The van der Waals surface area contributed by atoms with E-state index < -0.39 is 0 Å². The van der Waals surface area contributed by atoms with Gasteiger partial charge in [-0.05, 0) is 0 Å². The van der Waals surface area contributed by atoms with Crippen LogP contribution in [0.25, 0.3) is 0 Å². The molecule has 0 radical (unpaired) electrons. The van der Waals surface area contributed by atoms with Gasteiger partial charge in [0.25, 0.3) is 0 Å². The average Bonchev–Trinajstić information content (AvgIpc) is 2.17. The molecule has 0 aliphatic heterocycles. The highest BCUT2D eigenvalue weighted by Gasteiger charge is 2.07. The van der Waals surface area contributed by atoms with Gasteiger partial charge in [-0.25, -0.2) is 0 Å². The van der Waals surface area contributed by atoms with E-state index in [1.807, 2.05) is 6.07 Å². The van der Waals surface area contributed by atoms with Gasteiger partial charge in [-0.1, -0.05) is 0 Å². The zero-order valence-corrected chi connectivity index (χ0v) is 7.50. The molecule has 0 atom stereocenters. The number of ether oxygens (including phenoxy) is 2. The Morgan fingerprint density at radius 3 is 2.31 bits per heavy atom. The maximum absolute atomic E-state index is 8.73. The van der Waals surface area contributed by atoms with Gasteiger partial charge in [0.15, 0.2) is 0 Å². The summed E-state index contributed by atoms with van der Waals surface area (Å²) in [6.07, 6.45) is 0. The van der Waals surface area contributed by atoms with Crippen molar-refractivity contribution in [3.63, 3.8) is 0 Å². The van der Waals surface area contributed by atoms with E-state index in [0.29, 0.717) is 22.7 Å². The molecule has 1 rings (SSSR count). The Kier molecular flexibility index (Phi) is 2.60. The van der Waals surface area contributed by atoms with Crippen molar-refractivity contribution in [2.75, 3.05) is 20.0 Å². The molecule has 4 heteroatoms. The Balaban J connectivity index is 3.28. The number of nitriles is 1. The number of anilines is 1. The first-order valence-electron chi connectivity index (χ1n) is 3.64. The Labute approximate surface area is 76.5 Å². The Bertz CT molecular complexity index is 355. The van der Waals surface area contributed by atoms with Crippen LogP contribution in [0.3, 0.4) is 0 Å². The van der Waals surface area contributed by atoms with Crippen LogP contribution in [0.2, 0.25) is 0 Å². The first-order valence-corrected chi connectivity index (χ1v) is 3.64. The molecule has 0 aromatic heterocycles. The maximum Gasteiger partial charge on any atom is 0.143 e. The molecule has 0 aliphatic rings. The summed E-state index contributed by atoms with van der Waals surface area (Å²) in [6, 6.07) is 5.10. The highest BCUT2D eigenvalue weighted by molar-refractivity contribution is 5.62. The van der Waals surface area contributed by atoms with Crippen LogP contribution in [0, 0.1) is 11.3 Å². The fourth-order valence-electron chi connectivity index (χ4n) is 1.01. The Morgan fingerprint density at radius 1 is 1.23 bits per heavy atom. The first-order chi connectivity index (χ1) is 6.22. The van der Waals surface area contributed by atoms with Gasteiger partial charge in [-0.15, -0.1) is 0 Å². The summed E-state index contributed by atoms with van der Waals surface area (Å²) in [6.45, 7) is 0. The number of rotatable bonds is 2. The monoisotopic (exact) mass is 178 g/mol. The molecule has 1 aromatic rings. The molecular formula is C9H10N2O2. The number of benzene rings is 1. The third kappa shape index (κ3) is 1.64. The number of methoxy groups -OCH3 is 2. The minimum atomic E-state index is 0.411. The number of nitrogens with zero attached hydrogens (tertiary/aromatic N) is 1. The molecule has 0 heterocycles. The number of hydrogen-bond donors (Lipinski definition) is 1. The molecule has 0 bridgehead atoms. The minimum Gasteiger partial charge on any atom is -0.495 e. The van der Waals surface area contributed by atoms with Crippen LogP contribution in [0.1, 0.15) is 5.56 Å². The van der Waals surface area contributed by atoms with Crippen molar-refractivity contribution in [3.8, 4) is 17.6 Å². The second-order valence-electron chi connectivity index (χ2n) is 2.41. The quantitative estimate of drug-likeness (QED) is 0.690. The van der Waals surface area contributed by atoms with Crippen LogP contribution < -0.4 is 15.2 Å². The van der Waals surface area contributed by atoms with Gasteiger partial charge in [-0.3, -0.25) is 0 Å². The van der Waals surface area contributed by atoms with Crippen molar-refractivity contribution in [2.45, 2.75) is 0 Å². The molecule has 0 saturated heterocycles. The summed E-state index contributed by atoms with van der Waals surface area (Å²) in [5.41, 5.74) is 6.48. The summed E-state index contributed by atoms with van der Waals surface area (Å²) >= 11 is 0. The lowest BCUT2D eigenvalue weighted by atomic mass is 10.2. The second kappa shape index (κ2) is 3.68. The SMILES string of the molecule is COc1cc(C#N)c(OC)cc1N. The Morgan fingerprint density at radius 2 is 1.85 bits per heavy atom. The minimum absolute atomic E-state index is 0.411. The smallest absolute Gasteiger partial charge is 0.143 e. The first kappa shape index (κ1) is 9.20. The third-order valence-corrected chi connectivity index (χ3v) is 1.67. The predicted octanol–water partition coefficient (Wildman–Crippen LogP) is 1.16. The number of nitrogens with two attached hydrogens (primary N) is 1. The van der Waals surface area contributed by atoms with Crippen LogP contribution in [0.15, 0.2) is 12.1 Å². The topological polar surface area (TPSA) is 68.3 Å². The lowest BCUT2D eigenvalue weighted by Crippen LogP contribution is -1.96. The Hall–Kier alpha value is -1.89. The van der Waals surface area contributed by atoms with E-state index in [4.69, 9.17) is 20.5 Å². The standard InChI is InChI=1S/C9H10N2O2/c1-12-8-4-7(11)9(13-2)3-6(8)5-10/h3-4H,11H2,1-2H3. The van der Waals surface area contributed by atoms with Crippen LogP contribution in [0.5, 0.6) is 11.5 Å². The van der Waals surface area contributed by atoms with Crippen molar-refractivity contribution >= 4 is 5.69 Å². The van der Waals surface area contributed by atoms with Crippen LogP contribution in [0.4, 0.5) is 5.69 Å². The highest BCUT2D eigenvalue weighted by Crippen LogP contribution is 2.29. The number of hydrogen-bond acceptors (Lipinski definition) is 4. The summed E-state index contributed by atoms with van der Waals surface area (Å²) in [7, 11) is 2.99. The zero-order valence-electron chi connectivity index (χ0n) is 7.50. The van der Waals surface area contributed by atoms with Gasteiger partial charge < -0.3 is 15.2 Å². The summed E-state index contributed by atoms with van der Waals surface area (Å²) < 4.78 is 9.91. The zero-order chi connectivity index (χ0) is 9.84. The molecule has 13 heavy (non-hydrogen) atoms. The van der Waals surface area contributed by atoms with Gasteiger partial charge in [0.2, 0.25) is 0 Å². The van der Waals surface area contributed by atoms with E-state index in [0.717, 1.165) is 0 Å². The lowest BCUT2D eigenvalue weighted by Gasteiger charge is -2.07. The molecule has 2 N–H and O–H groups in total. The lowest BCUT2D eigenvalue weighted by molar-refractivity contribution is 0.404. The number of nitrogen functional groups attached to an aromatic ring is 1. The van der Waals surface area contributed by atoms with Crippen LogP contribution in [-0.4, -0.2) is 14.2 Å². The second-order valence-corrected chi connectivity index (χ2v) is 2.41. The van der Waals surface area contributed by atoms with E-state index in [2.05, 4.69) is 0 Å². The molecule has 1 aromatic carbocycles. The van der Waals surface area contributed by atoms with Gasteiger partial charge in [0.1, 0.15) is 17.6 Å². The van der Waals surface area contributed by atoms with Gasteiger partial charge in [0.05, 0.1) is 25.5 Å². The fourth-order valence-corrected chi connectivity index (χ4v) is 1.01. The van der Waals surface area contributed by atoms with E-state index in [1.165, 1.54) is 14.2 Å². The molecule has 68 valence electrons. The van der Waals surface area contributed by atoms with Gasteiger partial charge in [-0.2, -0.15) is 5.26 Å². The maximum atomic E-state index is 8.73. The molecule has 0 fully saturated rings. The predicted molar refractivity (Wildman–Crippen MR) is 48.7 cm³/mol. The molecule has 0 aliphatic carbocycles. The van der Waals surface area contributed by atoms with Crippen molar-refractivity contribution in [2.24, 2.45) is 0 Å². The normalized spacial score (nSPS) is 9.00. The fraction of sp³-hybridized carbons (Fsp3) is 0.222.